The molecule has 0 saturated carbocycles. The minimum atomic E-state index is -0.788. The first-order chi connectivity index (χ1) is 9.09. The van der Waals surface area contributed by atoms with E-state index in [2.05, 4.69) is 15.5 Å². The molecule has 102 valence electrons. The highest BCUT2D eigenvalue weighted by Gasteiger charge is 2.12. The molecular weight excluding hydrogens is 262 g/mol. The van der Waals surface area contributed by atoms with Gasteiger partial charge in [-0.2, -0.15) is 0 Å². The molecule has 2 rings (SSSR count). The highest BCUT2D eigenvalue weighted by molar-refractivity contribution is 7.84. The molecule has 0 aliphatic heterocycles. The summed E-state index contributed by atoms with van der Waals surface area (Å²) in [6, 6.07) is 5.69. The standard InChI is InChI=1S/C12H17N5OS/c1-9-10(5-3-6-11(9)13)12-14-15-16-17(12)7-4-8-19(2)18/h3,5-6H,4,7-8,13H2,1-2H3. The molecule has 0 radical (unpaired) electrons. The first-order valence-electron chi connectivity index (χ1n) is 6.01. The quantitative estimate of drug-likeness (QED) is 0.825. The summed E-state index contributed by atoms with van der Waals surface area (Å²) in [6.45, 7) is 2.60. The van der Waals surface area contributed by atoms with Crippen molar-refractivity contribution < 1.29 is 4.21 Å². The van der Waals surface area contributed by atoms with Crippen LogP contribution >= 0.6 is 0 Å². The number of benzene rings is 1. The zero-order valence-corrected chi connectivity index (χ0v) is 11.9. The number of rotatable bonds is 5. The molecule has 1 aromatic carbocycles. The van der Waals surface area contributed by atoms with Crippen LogP contribution < -0.4 is 5.73 Å². The maximum Gasteiger partial charge on any atom is 0.182 e. The maximum absolute atomic E-state index is 11.1. The SMILES string of the molecule is Cc1c(N)cccc1-c1nnnn1CCCS(C)=O. The van der Waals surface area contributed by atoms with Crippen molar-refractivity contribution in [3.63, 3.8) is 0 Å². The van der Waals surface area contributed by atoms with Gasteiger partial charge in [0, 0.05) is 40.6 Å². The van der Waals surface area contributed by atoms with Crippen LogP contribution in [0.2, 0.25) is 0 Å². The van der Waals surface area contributed by atoms with Crippen LogP contribution in [0.3, 0.4) is 0 Å². The molecule has 2 N–H and O–H groups in total. The fourth-order valence-electron chi connectivity index (χ4n) is 1.86. The normalized spacial score (nSPS) is 12.5. The summed E-state index contributed by atoms with van der Waals surface area (Å²) in [5, 5.41) is 11.7. The van der Waals surface area contributed by atoms with Crippen molar-refractivity contribution in [2.24, 2.45) is 0 Å². The largest absolute Gasteiger partial charge is 0.398 e. The van der Waals surface area contributed by atoms with E-state index in [1.54, 1.807) is 10.9 Å². The van der Waals surface area contributed by atoms with Crippen LogP contribution in [0.15, 0.2) is 18.2 Å². The molecule has 0 amide bonds. The summed E-state index contributed by atoms with van der Waals surface area (Å²) in [4.78, 5) is 0. The number of aromatic nitrogens is 4. The van der Waals surface area contributed by atoms with Crippen molar-refractivity contribution in [1.29, 1.82) is 0 Å². The first-order valence-corrected chi connectivity index (χ1v) is 7.74. The highest BCUT2D eigenvalue weighted by atomic mass is 32.2. The predicted octanol–water partition coefficient (Wildman–Crippen LogP) is 0.999. The predicted molar refractivity (Wildman–Crippen MR) is 76.0 cm³/mol. The van der Waals surface area contributed by atoms with Gasteiger partial charge in [0.05, 0.1) is 0 Å². The summed E-state index contributed by atoms with van der Waals surface area (Å²) in [5.41, 5.74) is 8.53. The third kappa shape index (κ3) is 3.17. The number of anilines is 1. The van der Waals surface area contributed by atoms with Gasteiger partial charge in [-0.1, -0.05) is 12.1 Å². The van der Waals surface area contributed by atoms with Crippen LogP contribution in [0.5, 0.6) is 0 Å². The van der Waals surface area contributed by atoms with E-state index in [0.29, 0.717) is 18.1 Å². The molecule has 7 heteroatoms. The van der Waals surface area contributed by atoms with Crippen LogP contribution in [0.4, 0.5) is 5.69 Å². The zero-order chi connectivity index (χ0) is 13.8. The van der Waals surface area contributed by atoms with E-state index in [-0.39, 0.29) is 0 Å². The zero-order valence-electron chi connectivity index (χ0n) is 11.0. The molecule has 2 aromatic rings. The van der Waals surface area contributed by atoms with E-state index in [1.165, 1.54) is 0 Å². The average Bonchev–Trinajstić information content (AvgIpc) is 2.80. The van der Waals surface area contributed by atoms with Gasteiger partial charge >= 0.3 is 0 Å². The van der Waals surface area contributed by atoms with Gasteiger partial charge in [-0.05, 0) is 35.4 Å². The van der Waals surface area contributed by atoms with Crippen molar-refractivity contribution >= 4 is 16.5 Å². The van der Waals surface area contributed by atoms with Gasteiger partial charge in [0.25, 0.3) is 0 Å². The highest BCUT2D eigenvalue weighted by Crippen LogP contribution is 2.24. The molecule has 1 heterocycles. The summed E-state index contributed by atoms with van der Waals surface area (Å²) >= 11 is 0. The molecule has 1 atom stereocenters. The molecule has 19 heavy (non-hydrogen) atoms. The second kappa shape index (κ2) is 5.92. The molecule has 1 aromatic heterocycles. The summed E-state index contributed by atoms with van der Waals surface area (Å²) in [6.07, 6.45) is 2.48. The molecule has 0 bridgehead atoms. The second-order valence-electron chi connectivity index (χ2n) is 4.38. The third-order valence-corrected chi connectivity index (χ3v) is 3.81. The number of hydrogen-bond acceptors (Lipinski definition) is 5. The summed E-state index contributed by atoms with van der Waals surface area (Å²) in [5.74, 6) is 1.35. The van der Waals surface area contributed by atoms with Gasteiger partial charge in [0.2, 0.25) is 0 Å². The number of nitrogen functional groups attached to an aromatic ring is 1. The van der Waals surface area contributed by atoms with E-state index in [1.807, 2.05) is 25.1 Å². The third-order valence-electron chi connectivity index (χ3n) is 2.95. The minimum Gasteiger partial charge on any atom is -0.398 e. The smallest absolute Gasteiger partial charge is 0.182 e. The monoisotopic (exact) mass is 279 g/mol. The van der Waals surface area contributed by atoms with Gasteiger partial charge in [-0.15, -0.1) is 5.10 Å². The Morgan fingerprint density at radius 1 is 1.42 bits per heavy atom. The van der Waals surface area contributed by atoms with E-state index in [4.69, 9.17) is 5.73 Å². The van der Waals surface area contributed by atoms with Crippen molar-refractivity contribution in [3.8, 4) is 11.4 Å². The Kier molecular flexibility index (Phi) is 4.26. The topological polar surface area (TPSA) is 86.7 Å². The molecular formula is C12H17N5OS. The summed E-state index contributed by atoms with van der Waals surface area (Å²) < 4.78 is 12.8. The van der Waals surface area contributed by atoms with Gasteiger partial charge in [-0.25, -0.2) is 4.68 Å². The lowest BCUT2D eigenvalue weighted by molar-refractivity contribution is 0.583. The molecule has 0 saturated heterocycles. The lowest BCUT2D eigenvalue weighted by Crippen LogP contribution is -2.07. The Morgan fingerprint density at radius 2 is 2.21 bits per heavy atom. The van der Waals surface area contributed by atoms with Crippen molar-refractivity contribution in [2.75, 3.05) is 17.7 Å². The Morgan fingerprint density at radius 3 is 2.95 bits per heavy atom. The van der Waals surface area contributed by atoms with Crippen molar-refractivity contribution in [1.82, 2.24) is 20.2 Å². The second-order valence-corrected chi connectivity index (χ2v) is 5.93. The molecule has 0 aliphatic carbocycles. The minimum absolute atomic E-state index is 0.648. The Hall–Kier alpha value is -1.76. The Bertz CT molecular complexity index is 596. The molecule has 0 spiro atoms. The van der Waals surface area contributed by atoms with Crippen LogP contribution in [-0.2, 0) is 17.3 Å². The average molecular weight is 279 g/mol. The first kappa shape index (κ1) is 13.7. The lowest BCUT2D eigenvalue weighted by Gasteiger charge is -2.08. The van der Waals surface area contributed by atoms with Gasteiger partial charge in [-0.3, -0.25) is 4.21 Å². The van der Waals surface area contributed by atoms with Gasteiger partial charge in [0.15, 0.2) is 5.82 Å². The fraction of sp³-hybridized carbons (Fsp3) is 0.417. The number of hydrogen-bond donors (Lipinski definition) is 1. The van der Waals surface area contributed by atoms with Crippen LogP contribution in [-0.4, -0.2) is 36.4 Å². The van der Waals surface area contributed by atoms with Crippen molar-refractivity contribution in [3.05, 3.63) is 23.8 Å². The number of nitrogens with two attached hydrogens (primary N) is 1. The Balaban J connectivity index is 2.24. The molecule has 6 nitrogen and oxygen atoms in total. The van der Waals surface area contributed by atoms with E-state index in [0.717, 1.165) is 23.2 Å². The number of aryl methyl sites for hydroxylation is 1. The molecule has 1 unspecified atom stereocenters. The molecule has 0 fully saturated rings. The maximum atomic E-state index is 11.1. The van der Waals surface area contributed by atoms with Crippen LogP contribution in [0, 0.1) is 6.92 Å². The van der Waals surface area contributed by atoms with Crippen molar-refractivity contribution in [2.45, 2.75) is 19.9 Å². The summed E-state index contributed by atoms with van der Waals surface area (Å²) in [7, 11) is -0.788. The van der Waals surface area contributed by atoms with Gasteiger partial charge < -0.3 is 5.73 Å². The van der Waals surface area contributed by atoms with E-state index >= 15 is 0 Å². The lowest BCUT2D eigenvalue weighted by atomic mass is 10.1. The Labute approximate surface area is 114 Å². The number of tetrazole rings is 1. The van der Waals surface area contributed by atoms with Crippen LogP contribution in [0.1, 0.15) is 12.0 Å². The number of nitrogens with zero attached hydrogens (tertiary/aromatic N) is 4. The fourth-order valence-corrected chi connectivity index (χ4v) is 2.40. The molecule has 0 aliphatic rings. The van der Waals surface area contributed by atoms with E-state index in [9.17, 15) is 4.21 Å². The van der Waals surface area contributed by atoms with Gasteiger partial charge in [0.1, 0.15) is 0 Å². The van der Waals surface area contributed by atoms with E-state index < -0.39 is 10.8 Å². The van der Waals surface area contributed by atoms with Crippen LogP contribution in [0.25, 0.3) is 11.4 Å².